The summed E-state index contributed by atoms with van der Waals surface area (Å²) in [5, 5.41) is 12.5. The van der Waals surface area contributed by atoms with Gasteiger partial charge in [-0.15, -0.1) is 10.2 Å². The molecule has 0 aliphatic heterocycles. The summed E-state index contributed by atoms with van der Waals surface area (Å²) < 4.78 is 1.95. The SMILES string of the molecule is CCNC(CSc1nncn1C)c1ccccc1C. The first-order chi connectivity index (χ1) is 9.22. The molecule has 4 nitrogen and oxygen atoms in total. The van der Waals surface area contributed by atoms with Crippen LogP contribution in [0.25, 0.3) is 0 Å². The third-order valence-corrected chi connectivity index (χ3v) is 4.19. The highest BCUT2D eigenvalue weighted by Crippen LogP contribution is 2.24. The summed E-state index contributed by atoms with van der Waals surface area (Å²) in [5.74, 6) is 0.950. The van der Waals surface area contributed by atoms with Gasteiger partial charge in [-0.3, -0.25) is 0 Å². The van der Waals surface area contributed by atoms with E-state index >= 15 is 0 Å². The van der Waals surface area contributed by atoms with E-state index in [2.05, 4.69) is 53.6 Å². The molecular weight excluding hydrogens is 256 g/mol. The minimum atomic E-state index is 0.341. The molecule has 0 aliphatic rings. The maximum absolute atomic E-state index is 4.11. The first-order valence-electron chi connectivity index (χ1n) is 6.48. The molecule has 1 aromatic carbocycles. The Balaban J connectivity index is 2.09. The molecule has 1 atom stereocenters. The topological polar surface area (TPSA) is 42.7 Å². The first kappa shape index (κ1) is 14.1. The van der Waals surface area contributed by atoms with Crippen LogP contribution in [0.15, 0.2) is 35.7 Å². The van der Waals surface area contributed by atoms with E-state index in [1.165, 1.54) is 11.1 Å². The number of hydrogen-bond donors (Lipinski definition) is 1. The zero-order valence-corrected chi connectivity index (χ0v) is 12.4. The van der Waals surface area contributed by atoms with Gasteiger partial charge in [0.15, 0.2) is 5.16 Å². The van der Waals surface area contributed by atoms with E-state index in [4.69, 9.17) is 0 Å². The maximum atomic E-state index is 4.11. The molecule has 1 heterocycles. The highest BCUT2D eigenvalue weighted by molar-refractivity contribution is 7.99. The molecule has 102 valence electrons. The van der Waals surface area contributed by atoms with Crippen molar-refractivity contribution in [2.24, 2.45) is 7.05 Å². The second-order valence-corrected chi connectivity index (χ2v) is 5.49. The fraction of sp³-hybridized carbons (Fsp3) is 0.429. The van der Waals surface area contributed by atoms with Gasteiger partial charge in [0.05, 0.1) is 0 Å². The Labute approximate surface area is 118 Å². The van der Waals surface area contributed by atoms with Crippen molar-refractivity contribution < 1.29 is 0 Å². The van der Waals surface area contributed by atoms with E-state index in [1.807, 2.05) is 11.6 Å². The van der Waals surface area contributed by atoms with Gasteiger partial charge in [-0.1, -0.05) is 43.0 Å². The summed E-state index contributed by atoms with van der Waals surface area (Å²) in [6.45, 7) is 5.25. The third kappa shape index (κ3) is 3.58. The van der Waals surface area contributed by atoms with Crippen LogP contribution in [0.4, 0.5) is 0 Å². The number of aromatic nitrogens is 3. The highest BCUT2D eigenvalue weighted by Gasteiger charge is 2.14. The van der Waals surface area contributed by atoms with Crippen LogP contribution in [0.1, 0.15) is 24.1 Å². The lowest BCUT2D eigenvalue weighted by molar-refractivity contribution is 0.602. The van der Waals surface area contributed by atoms with E-state index in [0.29, 0.717) is 6.04 Å². The molecule has 2 rings (SSSR count). The van der Waals surface area contributed by atoms with Crippen LogP contribution in [0.2, 0.25) is 0 Å². The average molecular weight is 276 g/mol. The molecule has 0 radical (unpaired) electrons. The summed E-state index contributed by atoms with van der Waals surface area (Å²) in [4.78, 5) is 0. The summed E-state index contributed by atoms with van der Waals surface area (Å²) in [5.41, 5.74) is 2.69. The number of nitrogens with zero attached hydrogens (tertiary/aromatic N) is 3. The van der Waals surface area contributed by atoms with E-state index in [-0.39, 0.29) is 0 Å². The van der Waals surface area contributed by atoms with Crippen LogP contribution < -0.4 is 5.32 Å². The Morgan fingerprint density at radius 3 is 2.79 bits per heavy atom. The van der Waals surface area contributed by atoms with Crippen LogP contribution in [-0.2, 0) is 7.05 Å². The number of hydrogen-bond acceptors (Lipinski definition) is 4. The molecule has 0 saturated heterocycles. The molecule has 1 unspecified atom stereocenters. The van der Waals surface area contributed by atoms with Crippen molar-refractivity contribution >= 4 is 11.8 Å². The fourth-order valence-corrected chi connectivity index (χ4v) is 3.01. The van der Waals surface area contributed by atoms with Gasteiger partial charge in [0, 0.05) is 18.8 Å². The number of nitrogens with one attached hydrogen (secondary N) is 1. The van der Waals surface area contributed by atoms with Crippen LogP contribution in [0.5, 0.6) is 0 Å². The van der Waals surface area contributed by atoms with Crippen molar-refractivity contribution in [1.29, 1.82) is 0 Å². The van der Waals surface area contributed by atoms with E-state index in [0.717, 1.165) is 17.5 Å². The van der Waals surface area contributed by atoms with E-state index < -0.39 is 0 Å². The van der Waals surface area contributed by atoms with Gasteiger partial charge in [-0.05, 0) is 24.6 Å². The van der Waals surface area contributed by atoms with Crippen molar-refractivity contribution in [2.45, 2.75) is 25.0 Å². The minimum Gasteiger partial charge on any atom is -0.312 e. The monoisotopic (exact) mass is 276 g/mol. The molecule has 1 N–H and O–H groups in total. The molecule has 0 bridgehead atoms. The van der Waals surface area contributed by atoms with Crippen LogP contribution in [-0.4, -0.2) is 27.1 Å². The van der Waals surface area contributed by atoms with Crippen molar-refractivity contribution in [3.8, 4) is 0 Å². The Morgan fingerprint density at radius 1 is 1.37 bits per heavy atom. The van der Waals surface area contributed by atoms with Crippen LogP contribution >= 0.6 is 11.8 Å². The smallest absolute Gasteiger partial charge is 0.190 e. The number of thioether (sulfide) groups is 1. The predicted octanol–water partition coefficient (Wildman–Crippen LogP) is 2.57. The Bertz CT molecular complexity index is 524. The Kier molecular flexibility index (Phi) is 4.99. The van der Waals surface area contributed by atoms with Gasteiger partial charge in [-0.2, -0.15) is 0 Å². The van der Waals surface area contributed by atoms with Crippen molar-refractivity contribution in [2.75, 3.05) is 12.3 Å². The van der Waals surface area contributed by atoms with Gasteiger partial charge in [0.25, 0.3) is 0 Å². The van der Waals surface area contributed by atoms with Crippen LogP contribution in [0, 0.1) is 6.92 Å². The molecular formula is C14H20N4S. The highest BCUT2D eigenvalue weighted by atomic mass is 32.2. The molecule has 5 heteroatoms. The van der Waals surface area contributed by atoms with Gasteiger partial charge in [0.1, 0.15) is 6.33 Å². The second-order valence-electron chi connectivity index (χ2n) is 4.50. The molecule has 0 spiro atoms. The number of benzene rings is 1. The molecule has 0 saturated carbocycles. The quantitative estimate of drug-likeness (QED) is 0.824. The molecule has 0 amide bonds. The Hall–Kier alpha value is -1.33. The maximum Gasteiger partial charge on any atom is 0.190 e. The molecule has 19 heavy (non-hydrogen) atoms. The summed E-state index contributed by atoms with van der Waals surface area (Å²) in [6, 6.07) is 8.87. The zero-order valence-electron chi connectivity index (χ0n) is 11.6. The molecule has 2 aromatic rings. The van der Waals surface area contributed by atoms with E-state index in [9.17, 15) is 0 Å². The predicted molar refractivity (Wildman–Crippen MR) is 79.3 cm³/mol. The largest absolute Gasteiger partial charge is 0.312 e. The normalized spacial score (nSPS) is 12.6. The van der Waals surface area contributed by atoms with Crippen molar-refractivity contribution in [1.82, 2.24) is 20.1 Å². The lowest BCUT2D eigenvalue weighted by atomic mass is 10.0. The molecule has 0 fully saturated rings. The second kappa shape index (κ2) is 6.73. The first-order valence-corrected chi connectivity index (χ1v) is 7.46. The van der Waals surface area contributed by atoms with Gasteiger partial charge in [-0.25, -0.2) is 0 Å². The van der Waals surface area contributed by atoms with Gasteiger partial charge >= 0.3 is 0 Å². The number of aryl methyl sites for hydroxylation is 2. The lowest BCUT2D eigenvalue weighted by Crippen LogP contribution is -2.23. The summed E-state index contributed by atoms with van der Waals surface area (Å²) >= 11 is 1.73. The molecule has 0 aliphatic carbocycles. The average Bonchev–Trinajstić information content (AvgIpc) is 2.81. The van der Waals surface area contributed by atoms with Gasteiger partial charge < -0.3 is 9.88 Å². The standard InChI is InChI=1S/C14H20N4S/c1-4-15-13(12-8-6-5-7-11(12)2)9-19-14-17-16-10-18(14)3/h5-8,10,13,15H,4,9H2,1-3H3. The van der Waals surface area contributed by atoms with Crippen molar-refractivity contribution in [3.05, 3.63) is 41.7 Å². The fourth-order valence-electron chi connectivity index (χ4n) is 2.04. The zero-order chi connectivity index (χ0) is 13.7. The molecule has 1 aromatic heterocycles. The summed E-state index contributed by atoms with van der Waals surface area (Å²) in [7, 11) is 1.97. The Morgan fingerprint density at radius 2 is 2.16 bits per heavy atom. The van der Waals surface area contributed by atoms with Crippen LogP contribution in [0.3, 0.4) is 0 Å². The minimum absolute atomic E-state index is 0.341. The summed E-state index contributed by atoms with van der Waals surface area (Å²) in [6.07, 6.45) is 1.73. The van der Waals surface area contributed by atoms with Gasteiger partial charge in [0.2, 0.25) is 0 Å². The van der Waals surface area contributed by atoms with E-state index in [1.54, 1.807) is 18.1 Å². The number of rotatable bonds is 6. The lowest BCUT2D eigenvalue weighted by Gasteiger charge is -2.19. The third-order valence-electron chi connectivity index (χ3n) is 3.06. The van der Waals surface area contributed by atoms with Crippen molar-refractivity contribution in [3.63, 3.8) is 0 Å².